The number of para-hydroxylation sites is 1. The Labute approximate surface area is 107 Å². The summed E-state index contributed by atoms with van der Waals surface area (Å²) in [5.74, 6) is 0.502. The number of ether oxygens (including phenoxy) is 1. The van der Waals surface area contributed by atoms with E-state index in [4.69, 9.17) is 4.74 Å². The quantitative estimate of drug-likeness (QED) is 0.890. The van der Waals surface area contributed by atoms with E-state index in [1.165, 1.54) is 13.5 Å². The van der Waals surface area contributed by atoms with Crippen LogP contribution in [-0.2, 0) is 0 Å². The molecule has 1 saturated heterocycles. The van der Waals surface area contributed by atoms with E-state index < -0.39 is 0 Å². The van der Waals surface area contributed by atoms with Crippen molar-refractivity contribution in [3.05, 3.63) is 23.8 Å². The highest BCUT2D eigenvalue weighted by atomic mass is 16.5. The van der Waals surface area contributed by atoms with Crippen molar-refractivity contribution in [1.82, 2.24) is 4.90 Å². The number of benzene rings is 1. The minimum Gasteiger partial charge on any atom is -0.504 e. The Morgan fingerprint density at radius 3 is 2.67 bits per heavy atom. The summed E-state index contributed by atoms with van der Waals surface area (Å²) in [6, 6.07) is 7.20. The lowest BCUT2D eigenvalue weighted by Crippen LogP contribution is -2.33. The van der Waals surface area contributed by atoms with Crippen LogP contribution in [0.25, 0.3) is 0 Å². The molecule has 1 fully saturated rings. The zero-order chi connectivity index (χ0) is 13.0. The highest BCUT2D eigenvalue weighted by molar-refractivity contribution is 5.48. The van der Waals surface area contributed by atoms with E-state index in [-0.39, 0.29) is 11.8 Å². The molecule has 0 aromatic heterocycles. The summed E-state index contributed by atoms with van der Waals surface area (Å²) in [6.45, 7) is 1.82. The van der Waals surface area contributed by atoms with Crippen LogP contribution in [0.2, 0.25) is 0 Å². The highest BCUT2D eigenvalue weighted by Gasteiger charge is 2.25. The van der Waals surface area contributed by atoms with Gasteiger partial charge in [0.15, 0.2) is 11.5 Å². The molecule has 0 bridgehead atoms. The molecule has 0 saturated carbocycles. The molecule has 18 heavy (non-hydrogen) atoms. The van der Waals surface area contributed by atoms with Crippen LogP contribution in [0.1, 0.15) is 30.9 Å². The van der Waals surface area contributed by atoms with Gasteiger partial charge in [-0.3, -0.25) is 4.90 Å². The number of methoxy groups -OCH3 is 1. The van der Waals surface area contributed by atoms with Gasteiger partial charge >= 0.3 is 0 Å². The van der Waals surface area contributed by atoms with E-state index in [1.807, 2.05) is 6.07 Å². The van der Waals surface area contributed by atoms with Crippen LogP contribution < -0.4 is 4.74 Å². The van der Waals surface area contributed by atoms with Crippen LogP contribution in [0, 0.1) is 11.3 Å². The Bertz CT molecular complexity index is 448. The maximum Gasteiger partial charge on any atom is 0.163 e. The van der Waals surface area contributed by atoms with Crippen LogP contribution in [0.4, 0.5) is 0 Å². The molecule has 1 heterocycles. The molecule has 0 aliphatic carbocycles. The lowest BCUT2D eigenvalue weighted by atomic mass is 10.0. The first-order valence-corrected chi connectivity index (χ1v) is 6.27. The van der Waals surface area contributed by atoms with Gasteiger partial charge in [-0.15, -0.1) is 0 Å². The van der Waals surface area contributed by atoms with E-state index in [0.717, 1.165) is 25.9 Å². The summed E-state index contributed by atoms with van der Waals surface area (Å²) in [4.78, 5) is 2.12. The molecular formula is C14H18N2O2. The molecule has 1 aromatic rings. The van der Waals surface area contributed by atoms with Gasteiger partial charge in [-0.25, -0.2) is 0 Å². The van der Waals surface area contributed by atoms with Gasteiger partial charge in [-0.1, -0.05) is 18.6 Å². The molecule has 4 nitrogen and oxygen atoms in total. The van der Waals surface area contributed by atoms with Gasteiger partial charge in [0.25, 0.3) is 0 Å². The number of phenolic OH excluding ortho intramolecular Hbond substituents is 1. The van der Waals surface area contributed by atoms with E-state index in [0.29, 0.717) is 11.3 Å². The minimum absolute atomic E-state index is 0.0807. The van der Waals surface area contributed by atoms with Crippen molar-refractivity contribution in [3.63, 3.8) is 0 Å². The number of nitriles is 1. The molecule has 1 N–H and O–H groups in total. The Hall–Kier alpha value is -1.73. The Morgan fingerprint density at radius 1 is 1.33 bits per heavy atom. The SMILES string of the molecule is COc1cccc([C@@H](C#N)N2CCCCC2)c1O. The number of hydrogen-bond acceptors (Lipinski definition) is 4. The molecule has 0 amide bonds. The smallest absolute Gasteiger partial charge is 0.163 e. The summed E-state index contributed by atoms with van der Waals surface area (Å²) in [7, 11) is 1.51. The van der Waals surface area contributed by atoms with Crippen molar-refractivity contribution in [2.45, 2.75) is 25.3 Å². The number of rotatable bonds is 3. The number of likely N-dealkylation sites (tertiary alicyclic amines) is 1. The summed E-state index contributed by atoms with van der Waals surface area (Å²) in [6.07, 6.45) is 3.45. The standard InChI is InChI=1S/C14H18N2O2/c1-18-13-7-5-6-11(14(13)17)12(10-15)16-8-3-2-4-9-16/h5-7,12,17H,2-4,8-9H2,1H3/t12-/m1/s1. The summed E-state index contributed by atoms with van der Waals surface area (Å²) < 4.78 is 5.09. The minimum atomic E-state index is -0.389. The fraction of sp³-hybridized carbons (Fsp3) is 0.500. The summed E-state index contributed by atoms with van der Waals surface area (Å²) in [5.41, 5.74) is 0.638. The zero-order valence-corrected chi connectivity index (χ0v) is 10.6. The van der Waals surface area contributed by atoms with E-state index in [9.17, 15) is 10.4 Å². The first-order chi connectivity index (χ1) is 8.77. The number of hydrogen-bond donors (Lipinski definition) is 1. The topological polar surface area (TPSA) is 56.5 Å². The third kappa shape index (κ3) is 2.41. The fourth-order valence-electron chi connectivity index (χ4n) is 2.45. The van der Waals surface area contributed by atoms with Gasteiger partial charge < -0.3 is 9.84 Å². The molecule has 4 heteroatoms. The number of piperidine rings is 1. The second-order valence-corrected chi connectivity index (χ2v) is 4.53. The average Bonchev–Trinajstić information content (AvgIpc) is 2.43. The lowest BCUT2D eigenvalue weighted by molar-refractivity contribution is 0.193. The first-order valence-electron chi connectivity index (χ1n) is 6.27. The second kappa shape index (κ2) is 5.74. The van der Waals surface area contributed by atoms with Crippen molar-refractivity contribution < 1.29 is 9.84 Å². The average molecular weight is 246 g/mol. The van der Waals surface area contributed by atoms with E-state index in [2.05, 4.69) is 11.0 Å². The monoisotopic (exact) mass is 246 g/mol. The lowest BCUT2D eigenvalue weighted by Gasteiger charge is -2.31. The van der Waals surface area contributed by atoms with Crippen LogP contribution >= 0.6 is 0 Å². The van der Waals surface area contributed by atoms with Gasteiger partial charge in [-0.05, 0) is 32.0 Å². The fourth-order valence-corrected chi connectivity index (χ4v) is 2.45. The van der Waals surface area contributed by atoms with E-state index in [1.54, 1.807) is 12.1 Å². The molecule has 1 aromatic carbocycles. The highest BCUT2D eigenvalue weighted by Crippen LogP contribution is 2.36. The van der Waals surface area contributed by atoms with Crippen LogP contribution in [0.15, 0.2) is 18.2 Å². The molecule has 0 spiro atoms. The van der Waals surface area contributed by atoms with Crippen molar-refractivity contribution in [2.75, 3.05) is 20.2 Å². The van der Waals surface area contributed by atoms with Crippen molar-refractivity contribution >= 4 is 0 Å². The molecule has 2 rings (SSSR count). The van der Waals surface area contributed by atoms with Gasteiger partial charge in [0.2, 0.25) is 0 Å². The van der Waals surface area contributed by atoms with Crippen LogP contribution in [0.5, 0.6) is 11.5 Å². The van der Waals surface area contributed by atoms with Crippen LogP contribution in [-0.4, -0.2) is 30.2 Å². The van der Waals surface area contributed by atoms with Crippen molar-refractivity contribution in [3.8, 4) is 17.6 Å². The van der Waals surface area contributed by atoms with Gasteiger partial charge in [0.1, 0.15) is 6.04 Å². The summed E-state index contributed by atoms with van der Waals surface area (Å²) >= 11 is 0. The third-order valence-electron chi connectivity index (χ3n) is 3.42. The molecule has 1 atom stereocenters. The normalized spacial score (nSPS) is 18.0. The Kier molecular flexibility index (Phi) is 4.06. The van der Waals surface area contributed by atoms with Crippen molar-refractivity contribution in [2.24, 2.45) is 0 Å². The largest absolute Gasteiger partial charge is 0.504 e. The molecule has 0 radical (unpaired) electrons. The predicted octanol–water partition coefficient (Wildman–Crippen LogP) is 2.45. The van der Waals surface area contributed by atoms with Gasteiger partial charge in [0, 0.05) is 5.56 Å². The molecule has 1 aliphatic heterocycles. The molecular weight excluding hydrogens is 228 g/mol. The van der Waals surface area contributed by atoms with E-state index >= 15 is 0 Å². The Morgan fingerprint density at radius 2 is 2.06 bits per heavy atom. The predicted molar refractivity (Wildman–Crippen MR) is 68.4 cm³/mol. The number of aromatic hydroxyl groups is 1. The zero-order valence-electron chi connectivity index (χ0n) is 10.6. The van der Waals surface area contributed by atoms with Gasteiger partial charge in [0.05, 0.1) is 13.2 Å². The molecule has 1 aliphatic rings. The van der Waals surface area contributed by atoms with Crippen molar-refractivity contribution in [1.29, 1.82) is 5.26 Å². The summed E-state index contributed by atoms with van der Waals surface area (Å²) in [5, 5.41) is 19.5. The second-order valence-electron chi connectivity index (χ2n) is 4.53. The first kappa shape index (κ1) is 12.7. The van der Waals surface area contributed by atoms with Gasteiger partial charge in [-0.2, -0.15) is 5.26 Å². The van der Waals surface area contributed by atoms with Crippen LogP contribution in [0.3, 0.4) is 0 Å². The molecule has 0 unspecified atom stereocenters. The Balaban J connectivity index is 2.30. The maximum atomic E-state index is 10.1. The number of phenols is 1. The number of nitrogens with zero attached hydrogens (tertiary/aromatic N) is 2. The molecule has 96 valence electrons. The maximum absolute atomic E-state index is 10.1. The third-order valence-corrected chi connectivity index (χ3v) is 3.42.